The lowest BCUT2D eigenvalue weighted by molar-refractivity contribution is -0.140. The normalized spacial score (nSPS) is 13.2. The number of hydrogen-bond acceptors (Lipinski definition) is 5. The van der Waals surface area contributed by atoms with Gasteiger partial charge in [0.25, 0.3) is 0 Å². The summed E-state index contributed by atoms with van der Waals surface area (Å²) in [5.74, 6) is -0.551. The number of carboxylic acid groups (broad SMARTS) is 1. The second-order valence-electron chi connectivity index (χ2n) is 9.48. The minimum Gasteiger partial charge on any atom is -0.465 e. The van der Waals surface area contributed by atoms with Crippen LogP contribution in [0.25, 0.3) is 0 Å². The summed E-state index contributed by atoms with van der Waals surface area (Å²) in [7, 11) is 1.31. The van der Waals surface area contributed by atoms with Crippen molar-refractivity contribution < 1.29 is 32.7 Å². The molecule has 0 atom stereocenters. The van der Waals surface area contributed by atoms with Crippen LogP contribution in [0.15, 0.2) is 36.5 Å². The third-order valence-electron chi connectivity index (χ3n) is 6.42. The number of hydrogen-bond donors (Lipinski definition) is 2. The highest BCUT2D eigenvalue weighted by Crippen LogP contribution is 2.31. The Morgan fingerprint density at radius 3 is 2.55 bits per heavy atom. The summed E-state index contributed by atoms with van der Waals surface area (Å²) >= 11 is 0. The molecule has 2 N–H and O–H groups in total. The number of nitrogens with one attached hydrogen (secondary N) is 1. The van der Waals surface area contributed by atoms with Crippen molar-refractivity contribution >= 4 is 23.6 Å². The summed E-state index contributed by atoms with van der Waals surface area (Å²) < 4.78 is 40.5. The van der Waals surface area contributed by atoms with E-state index in [1.165, 1.54) is 24.2 Å². The molecule has 0 unspecified atom stereocenters. The molecular weight excluding hydrogens is 503 g/mol. The molecule has 3 rings (SSSR count). The minimum absolute atomic E-state index is 0.0684. The van der Waals surface area contributed by atoms with Crippen molar-refractivity contribution in [1.29, 1.82) is 0 Å². The van der Waals surface area contributed by atoms with Crippen molar-refractivity contribution in [1.82, 2.24) is 19.7 Å². The van der Waals surface area contributed by atoms with Gasteiger partial charge >= 0.3 is 12.3 Å². The van der Waals surface area contributed by atoms with E-state index in [1.807, 2.05) is 32.0 Å². The number of carbonyl (C=O) groups excluding carboxylic acids is 2. The fourth-order valence-corrected chi connectivity index (χ4v) is 4.27. The number of halogens is 3. The molecule has 1 aliphatic rings. The smallest absolute Gasteiger partial charge is 0.418 e. The zero-order valence-electron chi connectivity index (χ0n) is 21.6. The maximum absolute atomic E-state index is 13.5. The molecule has 0 fully saturated rings. The Balaban J connectivity index is 1.76. The van der Waals surface area contributed by atoms with Gasteiger partial charge in [-0.1, -0.05) is 26.0 Å². The molecule has 38 heavy (non-hydrogen) atoms. The molecule has 3 amide bonds. The predicted molar refractivity (Wildman–Crippen MR) is 134 cm³/mol. The van der Waals surface area contributed by atoms with Crippen molar-refractivity contribution in [2.24, 2.45) is 5.92 Å². The number of anilines is 1. The molecule has 2 aromatic rings. The topological polar surface area (TPSA) is 106 Å². The highest BCUT2D eigenvalue weighted by atomic mass is 19.4. The molecule has 1 aliphatic heterocycles. The summed E-state index contributed by atoms with van der Waals surface area (Å²) in [4.78, 5) is 44.6. The quantitative estimate of drug-likeness (QED) is 0.508. The minimum atomic E-state index is -4.65. The van der Waals surface area contributed by atoms with Crippen LogP contribution in [0.5, 0.6) is 0 Å². The van der Waals surface area contributed by atoms with Gasteiger partial charge in [-0.15, -0.1) is 0 Å². The molecule has 1 aromatic heterocycles. The second kappa shape index (κ2) is 12.1. The third-order valence-corrected chi connectivity index (χ3v) is 6.42. The highest BCUT2D eigenvalue weighted by molar-refractivity contribution is 5.82. The lowest BCUT2D eigenvalue weighted by Gasteiger charge is -2.31. The number of amides is 3. The van der Waals surface area contributed by atoms with E-state index in [1.54, 1.807) is 4.90 Å². The van der Waals surface area contributed by atoms with Crippen LogP contribution in [0.4, 0.5) is 23.7 Å². The molecule has 2 heterocycles. The number of alkyl halides is 3. The standard InChI is InChI=1S/C26H32F3N5O4/c1-17(2)24(36)34-11-9-19-18(15-34)6-4-8-21(19)31-14-23(35)33(13-12-32(3)25(37)38)16-22-20(26(27,28)29)7-5-10-30-22/h4-8,10,17,31H,9,11-16H2,1-3H3,(H,37,38). The SMILES string of the molecule is CC(C)C(=O)N1CCc2c(cccc2NCC(=O)N(CCN(C)C(=O)O)Cc2ncccc2C(F)(F)F)C1. The molecule has 0 radical (unpaired) electrons. The van der Waals surface area contributed by atoms with Gasteiger partial charge in [-0.25, -0.2) is 4.79 Å². The molecule has 0 saturated heterocycles. The molecule has 12 heteroatoms. The number of benzene rings is 1. The van der Waals surface area contributed by atoms with E-state index >= 15 is 0 Å². The molecule has 1 aromatic carbocycles. The van der Waals surface area contributed by atoms with E-state index in [2.05, 4.69) is 10.3 Å². The molecule has 206 valence electrons. The van der Waals surface area contributed by atoms with Gasteiger partial charge in [0.1, 0.15) is 0 Å². The second-order valence-corrected chi connectivity index (χ2v) is 9.48. The van der Waals surface area contributed by atoms with E-state index in [0.29, 0.717) is 25.2 Å². The number of likely N-dealkylation sites (N-methyl/N-ethyl adjacent to an activating group) is 1. The first kappa shape index (κ1) is 28.7. The van der Waals surface area contributed by atoms with Gasteiger partial charge in [-0.05, 0) is 35.7 Å². The average Bonchev–Trinajstić information content (AvgIpc) is 2.88. The Morgan fingerprint density at radius 1 is 1.16 bits per heavy atom. The first-order chi connectivity index (χ1) is 17.9. The average molecular weight is 536 g/mol. The van der Waals surface area contributed by atoms with Crippen LogP contribution in [-0.2, 0) is 35.3 Å². The van der Waals surface area contributed by atoms with Gasteiger partial charge in [0.2, 0.25) is 11.8 Å². The van der Waals surface area contributed by atoms with E-state index in [0.717, 1.165) is 22.1 Å². The van der Waals surface area contributed by atoms with Crippen LogP contribution < -0.4 is 5.32 Å². The maximum atomic E-state index is 13.5. The molecular formula is C26H32F3N5O4. The van der Waals surface area contributed by atoms with Crippen molar-refractivity contribution in [2.75, 3.05) is 38.5 Å². The zero-order valence-corrected chi connectivity index (χ0v) is 21.6. The van der Waals surface area contributed by atoms with E-state index < -0.39 is 30.3 Å². The van der Waals surface area contributed by atoms with Gasteiger partial charge in [0, 0.05) is 51.0 Å². The van der Waals surface area contributed by atoms with Crippen molar-refractivity contribution in [3.8, 4) is 0 Å². The molecule has 0 bridgehead atoms. The molecule has 0 spiro atoms. The number of rotatable bonds is 9. The Bertz CT molecular complexity index is 1170. The number of carbonyl (C=O) groups is 3. The van der Waals surface area contributed by atoms with Crippen molar-refractivity contribution in [2.45, 2.75) is 39.5 Å². The van der Waals surface area contributed by atoms with Crippen LogP contribution in [0, 0.1) is 5.92 Å². The van der Waals surface area contributed by atoms with Gasteiger partial charge in [-0.3, -0.25) is 14.6 Å². The van der Waals surface area contributed by atoms with Crippen LogP contribution in [-0.4, -0.2) is 75.9 Å². The lowest BCUT2D eigenvalue weighted by atomic mass is 9.97. The Labute approximate surface area is 219 Å². The van der Waals surface area contributed by atoms with E-state index in [9.17, 15) is 27.6 Å². The van der Waals surface area contributed by atoms with Gasteiger partial charge in [0.15, 0.2) is 0 Å². The summed E-state index contributed by atoms with van der Waals surface area (Å²) in [6, 6.07) is 7.63. The van der Waals surface area contributed by atoms with Crippen LogP contribution in [0.1, 0.15) is 36.2 Å². The first-order valence-electron chi connectivity index (χ1n) is 12.2. The maximum Gasteiger partial charge on any atom is 0.418 e. The first-order valence-corrected chi connectivity index (χ1v) is 12.2. The summed E-state index contributed by atoms with van der Waals surface area (Å²) in [5.41, 5.74) is 1.39. The van der Waals surface area contributed by atoms with Crippen LogP contribution in [0.2, 0.25) is 0 Å². The zero-order chi connectivity index (χ0) is 28.0. The number of nitrogens with zero attached hydrogens (tertiary/aromatic N) is 4. The van der Waals surface area contributed by atoms with Crippen molar-refractivity contribution in [3.63, 3.8) is 0 Å². The Kier molecular flexibility index (Phi) is 9.18. The molecule has 0 saturated carbocycles. The molecule has 0 aliphatic carbocycles. The van der Waals surface area contributed by atoms with Crippen molar-refractivity contribution in [3.05, 3.63) is 58.9 Å². The third kappa shape index (κ3) is 7.14. The van der Waals surface area contributed by atoms with Gasteiger partial charge < -0.3 is 25.1 Å². The summed E-state index contributed by atoms with van der Waals surface area (Å²) in [5, 5.41) is 12.2. The predicted octanol–water partition coefficient (Wildman–Crippen LogP) is 3.69. The lowest BCUT2D eigenvalue weighted by Crippen LogP contribution is -2.42. The highest BCUT2D eigenvalue weighted by Gasteiger charge is 2.34. The monoisotopic (exact) mass is 535 g/mol. The number of aromatic nitrogens is 1. The summed E-state index contributed by atoms with van der Waals surface area (Å²) in [6.07, 6.45) is -4.05. The van der Waals surface area contributed by atoms with Gasteiger partial charge in [0.05, 0.1) is 24.3 Å². The number of pyridine rings is 1. The Hall–Kier alpha value is -3.83. The fraction of sp³-hybridized carbons (Fsp3) is 0.462. The van der Waals surface area contributed by atoms with Gasteiger partial charge in [-0.2, -0.15) is 13.2 Å². The molecule has 9 nitrogen and oxygen atoms in total. The van der Waals surface area contributed by atoms with Crippen LogP contribution >= 0.6 is 0 Å². The summed E-state index contributed by atoms with van der Waals surface area (Å²) in [6.45, 7) is 3.87. The Morgan fingerprint density at radius 2 is 1.89 bits per heavy atom. The number of fused-ring (bicyclic) bond motifs is 1. The van der Waals surface area contributed by atoms with Crippen LogP contribution in [0.3, 0.4) is 0 Å². The largest absolute Gasteiger partial charge is 0.465 e. The fourth-order valence-electron chi connectivity index (χ4n) is 4.27. The van der Waals surface area contributed by atoms with E-state index in [4.69, 9.17) is 5.11 Å². The van der Waals surface area contributed by atoms with E-state index in [-0.39, 0.29) is 37.2 Å².